The predicted octanol–water partition coefficient (Wildman–Crippen LogP) is 7.61. The standard InChI is InChI=1S/C32H37FO5/c1-32(2,3)20-37-19-24-15-26(10-12-27(24)29-16-25(36-4)11-13-30(29)33)38-18-21-6-5-7-23(14-21)28(17-31(34)35)22-8-9-22/h5-7,10-16,22,28H,8-9,17-20H2,1-4H3,(H,34,35). The molecule has 0 saturated heterocycles. The molecule has 1 unspecified atom stereocenters. The fraction of sp³-hybridized carbons (Fsp3) is 0.406. The molecule has 3 aromatic carbocycles. The summed E-state index contributed by atoms with van der Waals surface area (Å²) >= 11 is 0. The van der Waals surface area contributed by atoms with Crippen LogP contribution in [-0.4, -0.2) is 24.8 Å². The first-order valence-electron chi connectivity index (χ1n) is 13.1. The van der Waals surface area contributed by atoms with E-state index in [-0.39, 0.29) is 23.6 Å². The number of benzene rings is 3. The van der Waals surface area contributed by atoms with Crippen molar-refractivity contribution in [3.63, 3.8) is 0 Å². The van der Waals surface area contributed by atoms with E-state index in [0.717, 1.165) is 35.1 Å². The molecule has 3 aromatic rings. The van der Waals surface area contributed by atoms with Crippen LogP contribution in [0.15, 0.2) is 60.7 Å². The van der Waals surface area contributed by atoms with E-state index in [4.69, 9.17) is 14.2 Å². The Morgan fingerprint density at radius 1 is 1.00 bits per heavy atom. The minimum Gasteiger partial charge on any atom is -0.497 e. The Hall–Kier alpha value is -3.38. The van der Waals surface area contributed by atoms with Crippen LogP contribution >= 0.6 is 0 Å². The molecule has 1 aliphatic rings. The second-order valence-electron chi connectivity index (χ2n) is 11.3. The number of methoxy groups -OCH3 is 1. The van der Waals surface area contributed by atoms with Gasteiger partial charge in [0.05, 0.1) is 26.7 Å². The lowest BCUT2D eigenvalue weighted by Crippen LogP contribution is -2.14. The van der Waals surface area contributed by atoms with Gasteiger partial charge in [-0.3, -0.25) is 4.79 Å². The van der Waals surface area contributed by atoms with Gasteiger partial charge in [-0.15, -0.1) is 0 Å². The highest BCUT2D eigenvalue weighted by atomic mass is 19.1. The number of carboxylic acid groups (broad SMARTS) is 1. The molecule has 0 aliphatic heterocycles. The van der Waals surface area contributed by atoms with Crippen LogP contribution in [0.4, 0.5) is 4.39 Å². The van der Waals surface area contributed by atoms with Crippen molar-refractivity contribution in [1.82, 2.24) is 0 Å². The van der Waals surface area contributed by atoms with Crippen LogP contribution in [0.3, 0.4) is 0 Å². The van der Waals surface area contributed by atoms with Gasteiger partial charge in [-0.05, 0) is 82.7 Å². The van der Waals surface area contributed by atoms with Crippen LogP contribution < -0.4 is 9.47 Å². The lowest BCUT2D eigenvalue weighted by molar-refractivity contribution is -0.137. The Labute approximate surface area is 224 Å². The SMILES string of the molecule is COc1ccc(F)c(-c2ccc(OCc3cccc(C(CC(=O)O)C4CC4)c3)cc2COCC(C)(C)C)c1. The first kappa shape index (κ1) is 27.6. The average Bonchev–Trinajstić information content (AvgIpc) is 3.71. The fourth-order valence-electron chi connectivity index (χ4n) is 4.67. The van der Waals surface area contributed by atoms with E-state index in [9.17, 15) is 14.3 Å². The molecule has 202 valence electrons. The molecule has 1 aliphatic carbocycles. The quantitative estimate of drug-likeness (QED) is 0.266. The summed E-state index contributed by atoms with van der Waals surface area (Å²) in [5.41, 5.74) is 4.03. The summed E-state index contributed by atoms with van der Waals surface area (Å²) in [6.07, 6.45) is 2.31. The summed E-state index contributed by atoms with van der Waals surface area (Å²) in [6.45, 7) is 7.53. The molecule has 5 nitrogen and oxygen atoms in total. The second-order valence-corrected chi connectivity index (χ2v) is 11.3. The molecule has 0 bridgehead atoms. The van der Waals surface area contributed by atoms with Crippen molar-refractivity contribution in [2.45, 2.75) is 59.2 Å². The van der Waals surface area contributed by atoms with Crippen LogP contribution in [0.1, 0.15) is 62.6 Å². The van der Waals surface area contributed by atoms with Gasteiger partial charge in [-0.25, -0.2) is 4.39 Å². The summed E-state index contributed by atoms with van der Waals surface area (Å²) in [5.74, 6) is 0.618. The third-order valence-electron chi connectivity index (χ3n) is 6.70. The molecule has 0 spiro atoms. The van der Waals surface area contributed by atoms with E-state index in [0.29, 0.717) is 42.8 Å². The van der Waals surface area contributed by atoms with Gasteiger partial charge < -0.3 is 19.3 Å². The van der Waals surface area contributed by atoms with Crippen LogP contribution in [0.25, 0.3) is 11.1 Å². The Balaban J connectivity index is 1.55. The molecule has 0 radical (unpaired) electrons. The first-order valence-corrected chi connectivity index (χ1v) is 13.1. The van der Waals surface area contributed by atoms with E-state index in [1.165, 1.54) is 6.07 Å². The van der Waals surface area contributed by atoms with Gasteiger partial charge in [-0.1, -0.05) is 51.1 Å². The summed E-state index contributed by atoms with van der Waals surface area (Å²) in [4.78, 5) is 11.4. The number of aliphatic carboxylic acids is 1. The van der Waals surface area contributed by atoms with Crippen LogP contribution in [0.2, 0.25) is 0 Å². The topological polar surface area (TPSA) is 65.0 Å². The average molecular weight is 521 g/mol. The Morgan fingerprint density at radius 2 is 1.76 bits per heavy atom. The zero-order valence-corrected chi connectivity index (χ0v) is 22.6. The summed E-state index contributed by atoms with van der Waals surface area (Å²) in [7, 11) is 1.56. The minimum atomic E-state index is -0.766. The molecule has 1 fully saturated rings. The fourth-order valence-corrected chi connectivity index (χ4v) is 4.67. The molecule has 1 N–H and O–H groups in total. The van der Waals surface area contributed by atoms with E-state index < -0.39 is 5.97 Å². The van der Waals surface area contributed by atoms with Crippen molar-refractivity contribution in [3.8, 4) is 22.6 Å². The van der Waals surface area contributed by atoms with Gasteiger partial charge in [0.1, 0.15) is 23.9 Å². The zero-order valence-electron chi connectivity index (χ0n) is 22.6. The number of carbonyl (C=O) groups is 1. The van der Waals surface area contributed by atoms with Crippen molar-refractivity contribution in [3.05, 3.63) is 83.2 Å². The summed E-state index contributed by atoms with van der Waals surface area (Å²) in [5, 5.41) is 9.36. The van der Waals surface area contributed by atoms with Crippen LogP contribution in [-0.2, 0) is 22.7 Å². The number of carboxylic acids is 1. The van der Waals surface area contributed by atoms with Gasteiger partial charge >= 0.3 is 5.97 Å². The molecular formula is C32H37FO5. The van der Waals surface area contributed by atoms with Crippen molar-refractivity contribution in [2.75, 3.05) is 13.7 Å². The Kier molecular flexibility index (Phi) is 8.72. The van der Waals surface area contributed by atoms with Gasteiger partial charge in [-0.2, -0.15) is 0 Å². The second kappa shape index (κ2) is 12.0. The number of ether oxygens (including phenoxy) is 3. The van der Waals surface area contributed by atoms with Gasteiger partial charge in [0.15, 0.2) is 0 Å². The monoisotopic (exact) mass is 520 g/mol. The third-order valence-corrected chi connectivity index (χ3v) is 6.70. The van der Waals surface area contributed by atoms with Crippen LogP contribution in [0, 0.1) is 17.2 Å². The lowest BCUT2D eigenvalue weighted by atomic mass is 9.90. The third kappa shape index (κ3) is 7.57. The van der Waals surface area contributed by atoms with Crippen molar-refractivity contribution < 1.29 is 28.5 Å². The highest BCUT2D eigenvalue weighted by molar-refractivity contribution is 5.70. The number of halogens is 1. The van der Waals surface area contributed by atoms with E-state index >= 15 is 0 Å². The van der Waals surface area contributed by atoms with Gasteiger partial charge in [0, 0.05) is 5.56 Å². The number of hydrogen-bond donors (Lipinski definition) is 1. The van der Waals surface area contributed by atoms with Crippen molar-refractivity contribution >= 4 is 5.97 Å². The molecule has 1 saturated carbocycles. The maximum absolute atomic E-state index is 14.8. The highest BCUT2D eigenvalue weighted by Gasteiger charge is 2.33. The number of rotatable bonds is 12. The molecule has 4 rings (SSSR count). The Morgan fingerprint density at radius 3 is 2.45 bits per heavy atom. The van der Waals surface area contributed by atoms with Gasteiger partial charge in [0.25, 0.3) is 0 Å². The molecular weight excluding hydrogens is 483 g/mol. The molecule has 0 amide bonds. The largest absolute Gasteiger partial charge is 0.497 e. The maximum atomic E-state index is 14.8. The van der Waals surface area contributed by atoms with Crippen molar-refractivity contribution in [2.24, 2.45) is 11.3 Å². The van der Waals surface area contributed by atoms with E-state index in [1.807, 2.05) is 36.4 Å². The van der Waals surface area contributed by atoms with Crippen LogP contribution in [0.5, 0.6) is 11.5 Å². The molecule has 1 atom stereocenters. The number of hydrogen-bond acceptors (Lipinski definition) is 4. The molecule has 38 heavy (non-hydrogen) atoms. The summed E-state index contributed by atoms with van der Waals surface area (Å²) < 4.78 is 32.3. The normalized spacial score (nSPS) is 14.2. The summed E-state index contributed by atoms with van der Waals surface area (Å²) in [6, 6.07) is 18.3. The zero-order chi connectivity index (χ0) is 27.3. The van der Waals surface area contributed by atoms with Gasteiger partial charge in [0.2, 0.25) is 0 Å². The highest BCUT2D eigenvalue weighted by Crippen LogP contribution is 2.44. The van der Waals surface area contributed by atoms with Crippen molar-refractivity contribution in [1.29, 1.82) is 0 Å². The van der Waals surface area contributed by atoms with E-state index in [1.54, 1.807) is 19.2 Å². The first-order chi connectivity index (χ1) is 18.1. The molecule has 0 heterocycles. The maximum Gasteiger partial charge on any atom is 0.303 e. The Bertz CT molecular complexity index is 1260. The molecule has 6 heteroatoms. The smallest absolute Gasteiger partial charge is 0.303 e. The minimum absolute atomic E-state index is 0.000524. The molecule has 0 aromatic heterocycles. The predicted molar refractivity (Wildman–Crippen MR) is 146 cm³/mol. The van der Waals surface area contributed by atoms with E-state index in [2.05, 4.69) is 26.8 Å². The lowest BCUT2D eigenvalue weighted by Gasteiger charge is -2.20.